The lowest BCUT2D eigenvalue weighted by molar-refractivity contribution is 0.0698. The molecule has 1 saturated carbocycles. The van der Waals surface area contributed by atoms with Gasteiger partial charge in [-0.3, -0.25) is 4.79 Å². The first-order valence-electron chi connectivity index (χ1n) is 7.13. The molecule has 0 unspecified atom stereocenters. The van der Waals surface area contributed by atoms with Crippen LogP contribution in [0.3, 0.4) is 0 Å². The maximum absolute atomic E-state index is 13.0. The van der Waals surface area contributed by atoms with E-state index in [1.165, 1.54) is 16.4 Å². The number of hydrogen-bond acceptors (Lipinski definition) is 3. The molecule has 8 heteroatoms. The summed E-state index contributed by atoms with van der Waals surface area (Å²) in [6.07, 6.45) is 1.46. The number of benzene rings is 1. The topological polar surface area (TPSA) is 57.7 Å². The lowest BCUT2D eigenvalue weighted by Gasteiger charge is -2.34. The number of carbonyl (C=O) groups excluding carboxylic acids is 1. The third kappa shape index (κ3) is 2.98. The molecule has 0 spiro atoms. The lowest BCUT2D eigenvalue weighted by atomic mass is 10.2. The van der Waals surface area contributed by atoms with Gasteiger partial charge < -0.3 is 4.90 Å². The Labute approximate surface area is 133 Å². The van der Waals surface area contributed by atoms with E-state index in [1.807, 2.05) is 0 Å². The van der Waals surface area contributed by atoms with E-state index in [0.29, 0.717) is 26.2 Å². The highest BCUT2D eigenvalue weighted by atomic mass is 35.5. The molecule has 0 bridgehead atoms. The van der Waals surface area contributed by atoms with Gasteiger partial charge in [0.25, 0.3) is 5.91 Å². The Morgan fingerprint density at radius 3 is 2.36 bits per heavy atom. The summed E-state index contributed by atoms with van der Waals surface area (Å²) >= 11 is 5.90. The number of hydrogen-bond donors (Lipinski definition) is 0. The van der Waals surface area contributed by atoms with Crippen molar-refractivity contribution in [3.05, 3.63) is 34.6 Å². The molecule has 1 aromatic rings. The normalized spacial score (nSPS) is 20.2. The van der Waals surface area contributed by atoms with Crippen LogP contribution in [0.5, 0.6) is 0 Å². The van der Waals surface area contributed by atoms with Crippen molar-refractivity contribution in [2.75, 3.05) is 26.2 Å². The molecule has 5 nitrogen and oxygen atoms in total. The van der Waals surface area contributed by atoms with Gasteiger partial charge in [0, 0.05) is 26.2 Å². The second kappa shape index (κ2) is 5.79. The van der Waals surface area contributed by atoms with Crippen LogP contribution in [0.4, 0.5) is 4.39 Å². The minimum absolute atomic E-state index is 0.0676. The molecule has 0 atom stereocenters. The second-order valence-electron chi connectivity index (χ2n) is 5.56. The Kier molecular flexibility index (Phi) is 4.13. The largest absolute Gasteiger partial charge is 0.336 e. The van der Waals surface area contributed by atoms with Gasteiger partial charge in [0.05, 0.1) is 15.8 Å². The molecule has 0 aromatic heterocycles. The number of halogens is 2. The Bertz CT molecular complexity index is 698. The molecule has 3 rings (SSSR count). The predicted octanol–water partition coefficient (Wildman–Crippen LogP) is 1.73. The first-order chi connectivity index (χ1) is 10.4. The fraction of sp³-hybridized carbons (Fsp3) is 0.500. The highest BCUT2D eigenvalue weighted by Gasteiger charge is 2.41. The molecule has 22 heavy (non-hydrogen) atoms. The van der Waals surface area contributed by atoms with Crippen LogP contribution < -0.4 is 0 Å². The Hall–Kier alpha value is -1.18. The highest BCUT2D eigenvalue weighted by molar-refractivity contribution is 7.90. The number of piperazine rings is 1. The van der Waals surface area contributed by atoms with E-state index in [1.54, 1.807) is 4.90 Å². The molecule has 0 N–H and O–H groups in total. The molecule has 0 radical (unpaired) electrons. The van der Waals surface area contributed by atoms with Crippen LogP contribution in [0.2, 0.25) is 5.02 Å². The fourth-order valence-electron chi connectivity index (χ4n) is 2.56. The van der Waals surface area contributed by atoms with E-state index in [4.69, 9.17) is 11.6 Å². The van der Waals surface area contributed by atoms with Crippen molar-refractivity contribution in [1.82, 2.24) is 9.21 Å². The summed E-state index contributed by atoms with van der Waals surface area (Å²) in [5.41, 5.74) is 0.238. The van der Waals surface area contributed by atoms with Crippen LogP contribution in [-0.2, 0) is 10.0 Å². The average molecular weight is 347 g/mol. The van der Waals surface area contributed by atoms with E-state index in [0.717, 1.165) is 18.9 Å². The number of rotatable bonds is 3. The standard InChI is InChI=1S/C14H16ClFN2O3S/c15-13-9-10(16)1-4-12(13)14(19)17-5-7-18(8-6-17)22(20,21)11-2-3-11/h1,4,9,11H,2-3,5-8H2. The maximum atomic E-state index is 13.0. The van der Waals surface area contributed by atoms with Crippen molar-refractivity contribution in [3.63, 3.8) is 0 Å². The third-order valence-corrected chi connectivity index (χ3v) is 6.70. The zero-order valence-corrected chi connectivity index (χ0v) is 13.4. The quantitative estimate of drug-likeness (QED) is 0.837. The molecule has 2 aliphatic rings. The summed E-state index contributed by atoms with van der Waals surface area (Å²) in [5, 5.41) is -0.167. The molecule has 1 aliphatic carbocycles. The summed E-state index contributed by atoms with van der Waals surface area (Å²) in [7, 11) is -3.20. The molecule has 2 fully saturated rings. The molecule has 120 valence electrons. The van der Waals surface area contributed by atoms with Gasteiger partial charge in [-0.25, -0.2) is 12.8 Å². The van der Waals surface area contributed by atoms with Crippen LogP contribution in [-0.4, -0.2) is 55.0 Å². The average Bonchev–Trinajstić information content (AvgIpc) is 3.32. The molecule has 1 amide bonds. The molecular weight excluding hydrogens is 331 g/mol. The monoisotopic (exact) mass is 346 g/mol. The molecule has 1 aromatic carbocycles. The van der Waals surface area contributed by atoms with E-state index in [9.17, 15) is 17.6 Å². The number of nitrogens with zero attached hydrogens (tertiary/aromatic N) is 2. The van der Waals surface area contributed by atoms with Gasteiger partial charge in [-0.05, 0) is 31.0 Å². The first kappa shape index (κ1) is 15.7. The van der Waals surface area contributed by atoms with Gasteiger partial charge in [0.15, 0.2) is 0 Å². The van der Waals surface area contributed by atoms with Crippen LogP contribution in [0.1, 0.15) is 23.2 Å². The van der Waals surface area contributed by atoms with Crippen LogP contribution in [0, 0.1) is 5.82 Å². The van der Waals surface area contributed by atoms with Crippen molar-refractivity contribution in [3.8, 4) is 0 Å². The summed E-state index contributed by atoms with van der Waals surface area (Å²) in [6.45, 7) is 1.23. The van der Waals surface area contributed by atoms with Crippen LogP contribution in [0.25, 0.3) is 0 Å². The van der Waals surface area contributed by atoms with E-state index < -0.39 is 15.8 Å². The van der Waals surface area contributed by atoms with E-state index >= 15 is 0 Å². The summed E-state index contributed by atoms with van der Waals surface area (Å²) < 4.78 is 38.8. The maximum Gasteiger partial charge on any atom is 0.255 e. The zero-order valence-electron chi connectivity index (χ0n) is 11.8. The van der Waals surface area contributed by atoms with Gasteiger partial charge in [0.2, 0.25) is 10.0 Å². The Morgan fingerprint density at radius 2 is 1.82 bits per heavy atom. The fourth-order valence-corrected chi connectivity index (χ4v) is 4.63. The smallest absolute Gasteiger partial charge is 0.255 e. The third-order valence-electron chi connectivity index (χ3n) is 3.99. The predicted molar refractivity (Wildman–Crippen MR) is 80.8 cm³/mol. The van der Waals surface area contributed by atoms with Crippen molar-refractivity contribution in [2.45, 2.75) is 18.1 Å². The van der Waals surface area contributed by atoms with Crippen LogP contribution >= 0.6 is 11.6 Å². The SMILES string of the molecule is O=C(c1ccc(F)cc1Cl)N1CCN(S(=O)(=O)C2CC2)CC1. The van der Waals surface area contributed by atoms with Gasteiger partial charge in [-0.1, -0.05) is 11.6 Å². The summed E-state index contributed by atoms with van der Waals surface area (Å²) in [4.78, 5) is 13.9. The van der Waals surface area contributed by atoms with Gasteiger partial charge in [-0.15, -0.1) is 0 Å². The number of sulfonamides is 1. The summed E-state index contributed by atoms with van der Waals surface area (Å²) in [5.74, 6) is -0.796. The Balaban J connectivity index is 1.67. The van der Waals surface area contributed by atoms with E-state index in [-0.39, 0.29) is 21.7 Å². The van der Waals surface area contributed by atoms with E-state index in [2.05, 4.69) is 0 Å². The van der Waals surface area contributed by atoms with Crippen molar-refractivity contribution >= 4 is 27.5 Å². The molecule has 1 aliphatic heterocycles. The zero-order chi connectivity index (χ0) is 15.9. The van der Waals surface area contributed by atoms with Gasteiger partial charge >= 0.3 is 0 Å². The van der Waals surface area contributed by atoms with Crippen molar-refractivity contribution < 1.29 is 17.6 Å². The Morgan fingerprint density at radius 1 is 1.18 bits per heavy atom. The lowest BCUT2D eigenvalue weighted by Crippen LogP contribution is -2.51. The molecule has 1 saturated heterocycles. The van der Waals surface area contributed by atoms with Gasteiger partial charge in [0.1, 0.15) is 5.82 Å². The van der Waals surface area contributed by atoms with Crippen LogP contribution in [0.15, 0.2) is 18.2 Å². The minimum Gasteiger partial charge on any atom is -0.336 e. The second-order valence-corrected chi connectivity index (χ2v) is 8.18. The molecule has 1 heterocycles. The highest BCUT2D eigenvalue weighted by Crippen LogP contribution is 2.31. The molecular formula is C14H16ClFN2O3S. The number of carbonyl (C=O) groups is 1. The number of amides is 1. The minimum atomic E-state index is -3.20. The van der Waals surface area contributed by atoms with Gasteiger partial charge in [-0.2, -0.15) is 4.31 Å². The van der Waals surface area contributed by atoms with Crippen molar-refractivity contribution in [1.29, 1.82) is 0 Å². The summed E-state index contributed by atoms with van der Waals surface area (Å²) in [6, 6.07) is 3.64. The first-order valence-corrected chi connectivity index (χ1v) is 9.01. The van der Waals surface area contributed by atoms with Crippen molar-refractivity contribution in [2.24, 2.45) is 0 Å².